The van der Waals surface area contributed by atoms with Gasteiger partial charge in [0.25, 0.3) is 5.91 Å². The molecule has 0 atom stereocenters. The van der Waals surface area contributed by atoms with Gasteiger partial charge in [-0.1, -0.05) is 48.0 Å². The van der Waals surface area contributed by atoms with Crippen LogP contribution in [0.1, 0.15) is 28.4 Å². The molecule has 0 heterocycles. The van der Waals surface area contributed by atoms with Crippen molar-refractivity contribution in [3.8, 4) is 5.75 Å². The summed E-state index contributed by atoms with van der Waals surface area (Å²) in [4.78, 5) is 12.3. The quantitative estimate of drug-likeness (QED) is 0.512. The highest BCUT2D eigenvalue weighted by Gasteiger charge is 2.10. The van der Waals surface area contributed by atoms with E-state index in [4.69, 9.17) is 16.3 Å². The van der Waals surface area contributed by atoms with Crippen LogP contribution in [0, 0.1) is 6.92 Å². The second kappa shape index (κ2) is 8.02. The number of fused-ring (bicyclic) bond motifs is 1. The Bertz CT molecular complexity index is 983. The van der Waals surface area contributed by atoms with E-state index in [-0.39, 0.29) is 5.91 Å². The number of rotatable bonds is 5. The van der Waals surface area contributed by atoms with Crippen LogP contribution < -0.4 is 10.2 Å². The van der Waals surface area contributed by atoms with E-state index in [1.54, 1.807) is 18.3 Å². The Labute approximate surface area is 157 Å². The van der Waals surface area contributed by atoms with Gasteiger partial charge in [0, 0.05) is 5.56 Å². The van der Waals surface area contributed by atoms with Gasteiger partial charge in [0.15, 0.2) is 0 Å². The SMILES string of the molecule is CCOc1ccc2ccccc2c1C=NNC(=O)c1ccc(C)cc1Cl. The van der Waals surface area contributed by atoms with Crippen LogP contribution in [-0.4, -0.2) is 18.7 Å². The van der Waals surface area contributed by atoms with E-state index in [0.29, 0.717) is 17.2 Å². The number of amides is 1. The van der Waals surface area contributed by atoms with Crippen LogP contribution in [0.4, 0.5) is 0 Å². The lowest BCUT2D eigenvalue weighted by atomic mass is 10.0. The van der Waals surface area contributed by atoms with E-state index in [0.717, 1.165) is 27.6 Å². The highest BCUT2D eigenvalue weighted by Crippen LogP contribution is 2.26. The average molecular weight is 367 g/mol. The molecule has 132 valence electrons. The average Bonchev–Trinajstić information content (AvgIpc) is 2.63. The summed E-state index contributed by atoms with van der Waals surface area (Å²) >= 11 is 6.13. The minimum atomic E-state index is -0.357. The van der Waals surface area contributed by atoms with Gasteiger partial charge in [0.05, 0.1) is 23.4 Å². The lowest BCUT2D eigenvalue weighted by Gasteiger charge is -2.10. The monoisotopic (exact) mass is 366 g/mol. The standard InChI is InChI=1S/C21H19ClN2O2/c1-3-26-20-11-9-15-6-4-5-7-16(15)18(20)13-23-24-21(25)17-10-8-14(2)12-19(17)22/h4-13H,3H2,1-2H3,(H,24,25). The second-order valence-corrected chi connectivity index (χ2v) is 6.22. The van der Waals surface area contributed by atoms with Crippen LogP contribution in [0.5, 0.6) is 5.75 Å². The summed E-state index contributed by atoms with van der Waals surface area (Å²) in [6.07, 6.45) is 1.60. The Morgan fingerprint density at radius 3 is 2.77 bits per heavy atom. The number of nitrogens with zero attached hydrogens (tertiary/aromatic N) is 1. The number of ether oxygens (including phenoxy) is 1. The summed E-state index contributed by atoms with van der Waals surface area (Å²) < 4.78 is 5.69. The molecule has 0 fully saturated rings. The van der Waals surface area contributed by atoms with Gasteiger partial charge in [-0.25, -0.2) is 5.43 Å². The van der Waals surface area contributed by atoms with Crippen molar-refractivity contribution in [2.75, 3.05) is 6.61 Å². The molecule has 1 N–H and O–H groups in total. The van der Waals surface area contributed by atoms with E-state index in [2.05, 4.69) is 10.5 Å². The topological polar surface area (TPSA) is 50.7 Å². The smallest absolute Gasteiger partial charge is 0.272 e. The van der Waals surface area contributed by atoms with Crippen molar-refractivity contribution in [3.05, 3.63) is 76.3 Å². The summed E-state index contributed by atoms with van der Waals surface area (Å²) in [5.41, 5.74) is 4.73. The molecule has 0 saturated carbocycles. The number of nitrogens with one attached hydrogen (secondary N) is 1. The molecule has 0 aliphatic carbocycles. The zero-order valence-corrected chi connectivity index (χ0v) is 15.4. The third-order valence-corrected chi connectivity index (χ3v) is 4.27. The van der Waals surface area contributed by atoms with Crippen LogP contribution in [0.15, 0.2) is 59.7 Å². The lowest BCUT2D eigenvalue weighted by molar-refractivity contribution is 0.0955. The van der Waals surface area contributed by atoms with Gasteiger partial charge in [-0.2, -0.15) is 5.10 Å². The minimum absolute atomic E-state index is 0.357. The Kier molecular flexibility index (Phi) is 5.54. The highest BCUT2D eigenvalue weighted by atomic mass is 35.5. The largest absolute Gasteiger partial charge is 0.493 e. The van der Waals surface area contributed by atoms with Crippen LogP contribution in [0.2, 0.25) is 5.02 Å². The predicted molar refractivity (Wildman–Crippen MR) is 106 cm³/mol. The molecule has 4 nitrogen and oxygen atoms in total. The van der Waals surface area contributed by atoms with Gasteiger partial charge in [-0.05, 0) is 48.4 Å². The van der Waals surface area contributed by atoms with E-state index < -0.39 is 0 Å². The summed E-state index contributed by atoms with van der Waals surface area (Å²) in [7, 11) is 0. The molecular weight excluding hydrogens is 348 g/mol. The molecular formula is C21H19ClN2O2. The number of hydrogen-bond donors (Lipinski definition) is 1. The molecule has 3 aromatic carbocycles. The van der Waals surface area contributed by atoms with E-state index in [1.807, 2.05) is 56.3 Å². The number of carbonyl (C=O) groups excluding carboxylic acids is 1. The fourth-order valence-electron chi connectivity index (χ4n) is 2.71. The molecule has 0 spiro atoms. The first-order valence-electron chi connectivity index (χ1n) is 8.34. The molecule has 0 saturated heterocycles. The predicted octanol–water partition coefficient (Wildman–Crippen LogP) is 4.96. The number of benzene rings is 3. The van der Waals surface area contributed by atoms with E-state index >= 15 is 0 Å². The van der Waals surface area contributed by atoms with Crippen molar-refractivity contribution in [1.82, 2.24) is 5.43 Å². The van der Waals surface area contributed by atoms with Gasteiger partial charge in [0.2, 0.25) is 0 Å². The van der Waals surface area contributed by atoms with Gasteiger partial charge in [-0.15, -0.1) is 0 Å². The second-order valence-electron chi connectivity index (χ2n) is 5.81. The zero-order valence-electron chi connectivity index (χ0n) is 14.6. The van der Waals surface area contributed by atoms with Crippen molar-refractivity contribution in [2.45, 2.75) is 13.8 Å². The van der Waals surface area contributed by atoms with Gasteiger partial charge in [0.1, 0.15) is 5.75 Å². The number of halogens is 1. The Morgan fingerprint density at radius 2 is 2.00 bits per heavy atom. The highest BCUT2D eigenvalue weighted by molar-refractivity contribution is 6.33. The number of carbonyl (C=O) groups is 1. The molecule has 3 rings (SSSR count). The Morgan fingerprint density at radius 1 is 1.19 bits per heavy atom. The molecule has 5 heteroatoms. The van der Waals surface area contributed by atoms with Crippen LogP contribution in [0.25, 0.3) is 10.8 Å². The number of hydrogen-bond acceptors (Lipinski definition) is 3. The fraction of sp³-hybridized carbons (Fsp3) is 0.143. The first-order chi connectivity index (χ1) is 12.6. The maximum Gasteiger partial charge on any atom is 0.272 e. The van der Waals surface area contributed by atoms with Crippen molar-refractivity contribution in [3.63, 3.8) is 0 Å². The van der Waals surface area contributed by atoms with E-state index in [9.17, 15) is 4.79 Å². The first-order valence-corrected chi connectivity index (χ1v) is 8.72. The third kappa shape index (κ3) is 3.86. The summed E-state index contributed by atoms with van der Waals surface area (Å²) in [6.45, 7) is 4.39. The molecule has 0 bridgehead atoms. The molecule has 0 aliphatic heterocycles. The summed E-state index contributed by atoms with van der Waals surface area (Å²) in [6, 6.07) is 17.1. The van der Waals surface area contributed by atoms with Gasteiger partial charge in [-0.3, -0.25) is 4.79 Å². The van der Waals surface area contributed by atoms with Crippen molar-refractivity contribution in [2.24, 2.45) is 5.10 Å². The molecule has 0 radical (unpaired) electrons. The van der Waals surface area contributed by atoms with Crippen LogP contribution >= 0.6 is 11.6 Å². The molecule has 0 unspecified atom stereocenters. The zero-order chi connectivity index (χ0) is 18.5. The number of aryl methyl sites for hydroxylation is 1. The lowest BCUT2D eigenvalue weighted by Crippen LogP contribution is -2.18. The molecule has 0 aliphatic rings. The van der Waals surface area contributed by atoms with Crippen molar-refractivity contribution >= 4 is 34.5 Å². The van der Waals surface area contributed by atoms with Gasteiger partial charge >= 0.3 is 0 Å². The first kappa shape index (κ1) is 18.0. The normalized spacial score (nSPS) is 11.0. The number of hydrazone groups is 1. The molecule has 1 amide bonds. The summed E-state index contributed by atoms with van der Waals surface area (Å²) in [5.74, 6) is 0.363. The van der Waals surface area contributed by atoms with Crippen LogP contribution in [-0.2, 0) is 0 Å². The maximum atomic E-state index is 12.3. The van der Waals surface area contributed by atoms with Gasteiger partial charge < -0.3 is 4.74 Å². The molecule has 0 aromatic heterocycles. The van der Waals surface area contributed by atoms with Crippen molar-refractivity contribution < 1.29 is 9.53 Å². The maximum absolute atomic E-state index is 12.3. The van der Waals surface area contributed by atoms with Crippen LogP contribution in [0.3, 0.4) is 0 Å². The van der Waals surface area contributed by atoms with Crippen molar-refractivity contribution in [1.29, 1.82) is 0 Å². The van der Waals surface area contributed by atoms with E-state index in [1.165, 1.54) is 0 Å². The molecule has 3 aromatic rings. The summed E-state index contributed by atoms with van der Waals surface area (Å²) in [5, 5.41) is 6.59. The minimum Gasteiger partial charge on any atom is -0.493 e. The fourth-order valence-corrected chi connectivity index (χ4v) is 3.03. The third-order valence-electron chi connectivity index (χ3n) is 3.96. The Hall–Kier alpha value is -2.85. The Balaban J connectivity index is 1.88. The molecule has 26 heavy (non-hydrogen) atoms.